The average Bonchev–Trinajstić information content (AvgIpc) is 2.34. The summed E-state index contributed by atoms with van der Waals surface area (Å²) in [6.45, 7) is 4.72. The number of nitrogens with one attached hydrogen (secondary N) is 1. The Labute approximate surface area is 112 Å². The van der Waals surface area contributed by atoms with E-state index in [9.17, 15) is 0 Å². The van der Waals surface area contributed by atoms with Crippen LogP contribution in [0.2, 0.25) is 5.02 Å². The van der Waals surface area contributed by atoms with E-state index < -0.39 is 0 Å². The smallest absolute Gasteiger partial charge is 0.0656 e. The quantitative estimate of drug-likeness (QED) is 0.831. The van der Waals surface area contributed by atoms with E-state index in [2.05, 4.69) is 10.3 Å². The van der Waals surface area contributed by atoms with Crippen LogP contribution in [0.3, 0.4) is 0 Å². The minimum absolute atomic E-state index is 0.570. The lowest BCUT2D eigenvalue weighted by Crippen LogP contribution is -2.05. The molecule has 0 radical (unpaired) electrons. The Balaban J connectivity index is 2.16. The van der Waals surface area contributed by atoms with Crippen molar-refractivity contribution in [2.24, 2.45) is 0 Å². The highest BCUT2D eigenvalue weighted by Gasteiger charge is 2.04. The summed E-state index contributed by atoms with van der Waals surface area (Å²) >= 11 is 6.02. The second-order valence-electron chi connectivity index (χ2n) is 4.31. The Hall–Kier alpha value is -1.74. The molecule has 94 valence electrons. The molecule has 0 saturated carbocycles. The standard InChI is InChI=1S/C14H16ClN3/c1-9-4-3-5-17-14(9)8-18-13-7-11(15)12(16)6-10(13)2/h3-7,18H,8,16H2,1-2H3. The normalized spacial score (nSPS) is 10.4. The zero-order chi connectivity index (χ0) is 13.1. The van der Waals surface area contributed by atoms with Gasteiger partial charge in [0, 0.05) is 11.9 Å². The van der Waals surface area contributed by atoms with Crippen molar-refractivity contribution < 1.29 is 0 Å². The van der Waals surface area contributed by atoms with Crippen molar-refractivity contribution in [1.29, 1.82) is 0 Å². The van der Waals surface area contributed by atoms with E-state index in [1.54, 1.807) is 6.20 Å². The topological polar surface area (TPSA) is 50.9 Å². The van der Waals surface area contributed by atoms with Crippen molar-refractivity contribution in [2.75, 3.05) is 11.1 Å². The first-order valence-corrected chi connectivity index (χ1v) is 6.15. The van der Waals surface area contributed by atoms with E-state index >= 15 is 0 Å². The molecular weight excluding hydrogens is 246 g/mol. The zero-order valence-electron chi connectivity index (χ0n) is 10.5. The number of aromatic nitrogens is 1. The highest BCUT2D eigenvalue weighted by molar-refractivity contribution is 6.33. The average molecular weight is 262 g/mol. The molecule has 0 saturated heterocycles. The summed E-state index contributed by atoms with van der Waals surface area (Å²) in [5, 5.41) is 3.91. The van der Waals surface area contributed by atoms with Gasteiger partial charge < -0.3 is 11.1 Å². The summed E-state index contributed by atoms with van der Waals surface area (Å²) in [6.07, 6.45) is 1.80. The third kappa shape index (κ3) is 2.74. The molecule has 0 aliphatic rings. The molecule has 0 spiro atoms. The Bertz CT molecular complexity index is 567. The first-order valence-electron chi connectivity index (χ1n) is 5.78. The summed E-state index contributed by atoms with van der Waals surface area (Å²) in [5.74, 6) is 0. The number of benzene rings is 1. The van der Waals surface area contributed by atoms with Crippen LogP contribution in [0, 0.1) is 13.8 Å². The number of rotatable bonds is 3. The van der Waals surface area contributed by atoms with Crippen molar-refractivity contribution in [3.05, 3.63) is 52.3 Å². The maximum Gasteiger partial charge on any atom is 0.0656 e. The number of aryl methyl sites for hydroxylation is 2. The summed E-state index contributed by atoms with van der Waals surface area (Å²) in [7, 11) is 0. The maximum atomic E-state index is 6.02. The fourth-order valence-electron chi connectivity index (χ4n) is 1.78. The largest absolute Gasteiger partial charge is 0.398 e. The molecular formula is C14H16ClN3. The van der Waals surface area contributed by atoms with Crippen LogP contribution in [-0.2, 0) is 6.54 Å². The van der Waals surface area contributed by atoms with Crippen LogP contribution >= 0.6 is 11.6 Å². The molecule has 3 nitrogen and oxygen atoms in total. The van der Waals surface area contributed by atoms with Crippen LogP contribution in [0.25, 0.3) is 0 Å². The molecule has 1 aromatic carbocycles. The molecule has 1 aromatic heterocycles. The molecule has 2 rings (SSSR count). The summed E-state index contributed by atoms with van der Waals surface area (Å²) in [6, 6.07) is 7.71. The van der Waals surface area contributed by atoms with E-state index in [0.29, 0.717) is 17.3 Å². The fraction of sp³-hybridized carbons (Fsp3) is 0.214. The van der Waals surface area contributed by atoms with Gasteiger partial charge in [0.25, 0.3) is 0 Å². The Morgan fingerprint density at radius 2 is 2.06 bits per heavy atom. The van der Waals surface area contributed by atoms with Crippen molar-refractivity contribution in [3.8, 4) is 0 Å². The number of anilines is 2. The van der Waals surface area contributed by atoms with E-state index in [4.69, 9.17) is 17.3 Å². The van der Waals surface area contributed by atoms with Crippen LogP contribution < -0.4 is 11.1 Å². The third-order valence-electron chi connectivity index (χ3n) is 2.91. The van der Waals surface area contributed by atoms with Gasteiger partial charge in [0.1, 0.15) is 0 Å². The molecule has 0 unspecified atom stereocenters. The maximum absolute atomic E-state index is 6.02. The minimum atomic E-state index is 0.570. The summed E-state index contributed by atoms with van der Waals surface area (Å²) in [5.41, 5.74) is 10.6. The molecule has 2 aromatic rings. The SMILES string of the molecule is Cc1cc(N)c(Cl)cc1NCc1ncccc1C. The molecule has 0 amide bonds. The number of pyridine rings is 1. The van der Waals surface area contributed by atoms with Crippen molar-refractivity contribution >= 4 is 23.0 Å². The monoisotopic (exact) mass is 261 g/mol. The van der Waals surface area contributed by atoms with Crippen LogP contribution in [0.1, 0.15) is 16.8 Å². The predicted molar refractivity (Wildman–Crippen MR) is 76.9 cm³/mol. The van der Waals surface area contributed by atoms with Gasteiger partial charge in [0.2, 0.25) is 0 Å². The van der Waals surface area contributed by atoms with Gasteiger partial charge in [0.05, 0.1) is 22.9 Å². The molecule has 4 heteroatoms. The lowest BCUT2D eigenvalue weighted by Gasteiger charge is -2.12. The number of halogens is 1. The van der Waals surface area contributed by atoms with E-state index in [0.717, 1.165) is 16.9 Å². The van der Waals surface area contributed by atoms with Gasteiger partial charge in [-0.25, -0.2) is 0 Å². The summed E-state index contributed by atoms with van der Waals surface area (Å²) < 4.78 is 0. The Morgan fingerprint density at radius 3 is 2.78 bits per heavy atom. The Morgan fingerprint density at radius 1 is 1.28 bits per heavy atom. The lowest BCUT2D eigenvalue weighted by atomic mass is 10.1. The summed E-state index contributed by atoms with van der Waals surface area (Å²) in [4.78, 5) is 4.34. The Kier molecular flexibility index (Phi) is 3.72. The first kappa shape index (κ1) is 12.7. The number of nitrogens with two attached hydrogens (primary N) is 1. The van der Waals surface area contributed by atoms with Crippen LogP contribution in [-0.4, -0.2) is 4.98 Å². The molecule has 1 heterocycles. The van der Waals surface area contributed by atoms with E-state index in [-0.39, 0.29) is 0 Å². The molecule has 0 aliphatic heterocycles. The van der Waals surface area contributed by atoms with Gasteiger partial charge in [-0.15, -0.1) is 0 Å². The predicted octanol–water partition coefficient (Wildman–Crippen LogP) is 3.55. The van der Waals surface area contributed by atoms with Gasteiger partial charge >= 0.3 is 0 Å². The fourth-order valence-corrected chi connectivity index (χ4v) is 1.94. The van der Waals surface area contributed by atoms with Gasteiger partial charge in [-0.3, -0.25) is 4.98 Å². The van der Waals surface area contributed by atoms with Gasteiger partial charge in [-0.05, 0) is 43.2 Å². The van der Waals surface area contributed by atoms with Gasteiger partial charge in [0.15, 0.2) is 0 Å². The second-order valence-corrected chi connectivity index (χ2v) is 4.72. The number of hydrogen-bond acceptors (Lipinski definition) is 3. The van der Waals surface area contributed by atoms with Gasteiger partial charge in [-0.1, -0.05) is 17.7 Å². The first-order chi connectivity index (χ1) is 8.58. The lowest BCUT2D eigenvalue weighted by molar-refractivity contribution is 1.02. The van der Waals surface area contributed by atoms with Crippen LogP contribution in [0.15, 0.2) is 30.5 Å². The van der Waals surface area contributed by atoms with Crippen LogP contribution in [0.4, 0.5) is 11.4 Å². The number of nitrogen functional groups attached to an aromatic ring is 1. The third-order valence-corrected chi connectivity index (χ3v) is 3.24. The van der Waals surface area contributed by atoms with E-state index in [1.807, 2.05) is 38.1 Å². The minimum Gasteiger partial charge on any atom is -0.398 e. The molecule has 0 atom stereocenters. The highest BCUT2D eigenvalue weighted by Crippen LogP contribution is 2.27. The van der Waals surface area contributed by atoms with Crippen molar-refractivity contribution in [3.63, 3.8) is 0 Å². The second kappa shape index (κ2) is 5.27. The van der Waals surface area contributed by atoms with Crippen molar-refractivity contribution in [1.82, 2.24) is 4.98 Å². The highest BCUT2D eigenvalue weighted by atomic mass is 35.5. The molecule has 0 fully saturated rings. The van der Waals surface area contributed by atoms with Crippen LogP contribution in [0.5, 0.6) is 0 Å². The number of nitrogens with zero attached hydrogens (tertiary/aromatic N) is 1. The zero-order valence-corrected chi connectivity index (χ0v) is 11.3. The van der Waals surface area contributed by atoms with Gasteiger partial charge in [-0.2, -0.15) is 0 Å². The number of hydrogen-bond donors (Lipinski definition) is 2. The molecule has 3 N–H and O–H groups in total. The molecule has 18 heavy (non-hydrogen) atoms. The van der Waals surface area contributed by atoms with E-state index in [1.165, 1.54) is 5.56 Å². The molecule has 0 bridgehead atoms. The van der Waals surface area contributed by atoms with Crippen molar-refractivity contribution in [2.45, 2.75) is 20.4 Å². The molecule has 0 aliphatic carbocycles.